The van der Waals surface area contributed by atoms with E-state index >= 15 is 0 Å². The largest absolute Gasteiger partial charge is 0.381 e. The smallest absolute Gasteiger partial charge is 0.0974 e. The van der Waals surface area contributed by atoms with Crippen LogP contribution in [0.2, 0.25) is 0 Å². The van der Waals surface area contributed by atoms with Crippen molar-refractivity contribution >= 4 is 0 Å². The zero-order chi connectivity index (χ0) is 10.7. The standard InChI is InChI=1S/C12H20O3/c1-8-11(2,15-8)10-6-9(13-3)4-5-12(10)7-14-12/h8-10H,4-7H2,1-3H3/t8?,9-,10?,11?,12+/m1/s1. The molecule has 0 amide bonds. The van der Waals surface area contributed by atoms with Crippen LogP contribution in [0, 0.1) is 5.92 Å². The van der Waals surface area contributed by atoms with E-state index in [0.717, 1.165) is 25.9 Å². The molecule has 15 heavy (non-hydrogen) atoms. The van der Waals surface area contributed by atoms with Crippen LogP contribution in [-0.4, -0.2) is 37.1 Å². The van der Waals surface area contributed by atoms with Crippen LogP contribution in [0.25, 0.3) is 0 Å². The molecule has 2 aliphatic heterocycles. The molecule has 0 bridgehead atoms. The van der Waals surface area contributed by atoms with Crippen molar-refractivity contribution in [3.8, 4) is 0 Å². The maximum atomic E-state index is 5.78. The van der Waals surface area contributed by atoms with E-state index in [4.69, 9.17) is 14.2 Å². The fourth-order valence-electron chi connectivity index (χ4n) is 3.30. The van der Waals surface area contributed by atoms with Gasteiger partial charge in [-0.15, -0.1) is 0 Å². The van der Waals surface area contributed by atoms with Crippen LogP contribution >= 0.6 is 0 Å². The fraction of sp³-hybridized carbons (Fsp3) is 1.00. The average molecular weight is 212 g/mol. The van der Waals surface area contributed by atoms with Gasteiger partial charge in [-0.2, -0.15) is 0 Å². The van der Waals surface area contributed by atoms with E-state index in [-0.39, 0.29) is 11.2 Å². The molecular weight excluding hydrogens is 192 g/mol. The van der Waals surface area contributed by atoms with Crippen molar-refractivity contribution in [2.75, 3.05) is 13.7 Å². The Morgan fingerprint density at radius 1 is 1.40 bits per heavy atom. The van der Waals surface area contributed by atoms with Crippen LogP contribution in [0.3, 0.4) is 0 Å². The van der Waals surface area contributed by atoms with Gasteiger partial charge in [0.1, 0.15) is 0 Å². The summed E-state index contributed by atoms with van der Waals surface area (Å²) in [5.74, 6) is 0.527. The van der Waals surface area contributed by atoms with Gasteiger partial charge in [0.25, 0.3) is 0 Å². The Morgan fingerprint density at radius 3 is 2.53 bits per heavy atom. The maximum Gasteiger partial charge on any atom is 0.0974 e. The lowest BCUT2D eigenvalue weighted by Gasteiger charge is -2.36. The molecule has 1 spiro atoms. The van der Waals surface area contributed by atoms with Crippen molar-refractivity contribution in [1.82, 2.24) is 0 Å². The summed E-state index contributed by atoms with van der Waals surface area (Å²) in [6.45, 7) is 5.32. The average Bonchev–Trinajstić information content (AvgIpc) is 3.10. The minimum Gasteiger partial charge on any atom is -0.381 e. The summed E-state index contributed by atoms with van der Waals surface area (Å²) >= 11 is 0. The van der Waals surface area contributed by atoms with Gasteiger partial charge in [0.2, 0.25) is 0 Å². The van der Waals surface area contributed by atoms with E-state index in [1.807, 2.05) is 7.11 Å². The second kappa shape index (κ2) is 2.96. The summed E-state index contributed by atoms with van der Waals surface area (Å²) in [5, 5.41) is 0. The van der Waals surface area contributed by atoms with E-state index in [2.05, 4.69) is 13.8 Å². The Labute approximate surface area is 91.1 Å². The molecule has 0 aromatic heterocycles. The van der Waals surface area contributed by atoms with Gasteiger partial charge in [0, 0.05) is 13.0 Å². The number of epoxide rings is 2. The Bertz CT molecular complexity index is 272. The van der Waals surface area contributed by atoms with Crippen molar-refractivity contribution in [2.24, 2.45) is 5.92 Å². The zero-order valence-corrected chi connectivity index (χ0v) is 9.79. The first-order valence-electron chi connectivity index (χ1n) is 5.95. The third-order valence-electron chi connectivity index (χ3n) is 4.74. The number of ether oxygens (including phenoxy) is 3. The van der Waals surface area contributed by atoms with E-state index < -0.39 is 0 Å². The van der Waals surface area contributed by atoms with E-state index in [0.29, 0.717) is 18.1 Å². The second-order valence-corrected chi connectivity index (χ2v) is 5.48. The Hall–Kier alpha value is -0.120. The molecule has 3 aliphatic rings. The Balaban J connectivity index is 1.78. The molecule has 2 heterocycles. The van der Waals surface area contributed by atoms with Gasteiger partial charge in [-0.25, -0.2) is 0 Å². The van der Waals surface area contributed by atoms with Gasteiger partial charge in [0.05, 0.1) is 30.0 Å². The topological polar surface area (TPSA) is 34.3 Å². The summed E-state index contributed by atoms with van der Waals surface area (Å²) in [7, 11) is 1.81. The monoisotopic (exact) mass is 212 g/mol. The fourth-order valence-corrected chi connectivity index (χ4v) is 3.30. The predicted octanol–water partition coefficient (Wildman–Crippen LogP) is 1.75. The molecule has 0 aromatic carbocycles. The zero-order valence-electron chi connectivity index (χ0n) is 9.79. The van der Waals surface area contributed by atoms with E-state index in [9.17, 15) is 0 Å². The summed E-state index contributed by atoms with van der Waals surface area (Å²) in [6.07, 6.45) is 4.16. The first kappa shape index (κ1) is 10.1. The SMILES string of the molecule is CO[C@@H]1CC[C@]2(CO2)C(C2(C)OC2C)C1. The number of rotatable bonds is 2. The summed E-state index contributed by atoms with van der Waals surface area (Å²) in [5.41, 5.74) is 0.197. The minimum atomic E-state index is 0.0493. The summed E-state index contributed by atoms with van der Waals surface area (Å²) in [6, 6.07) is 0. The van der Waals surface area contributed by atoms with Crippen molar-refractivity contribution in [3.63, 3.8) is 0 Å². The highest BCUT2D eigenvalue weighted by Crippen LogP contribution is 2.57. The summed E-state index contributed by atoms with van der Waals surface area (Å²) in [4.78, 5) is 0. The molecule has 0 N–H and O–H groups in total. The highest BCUT2D eigenvalue weighted by molar-refractivity contribution is 5.15. The van der Waals surface area contributed by atoms with Gasteiger partial charge in [0.15, 0.2) is 0 Å². The van der Waals surface area contributed by atoms with Crippen LogP contribution in [-0.2, 0) is 14.2 Å². The third-order valence-corrected chi connectivity index (χ3v) is 4.74. The lowest BCUT2D eigenvalue weighted by atomic mass is 9.70. The number of methoxy groups -OCH3 is 1. The molecule has 86 valence electrons. The molecule has 1 saturated carbocycles. The lowest BCUT2D eigenvalue weighted by Crippen LogP contribution is -2.43. The van der Waals surface area contributed by atoms with Crippen molar-refractivity contribution in [3.05, 3.63) is 0 Å². The van der Waals surface area contributed by atoms with Crippen LogP contribution < -0.4 is 0 Å². The molecule has 3 nitrogen and oxygen atoms in total. The van der Waals surface area contributed by atoms with Gasteiger partial charge in [-0.3, -0.25) is 0 Å². The van der Waals surface area contributed by atoms with E-state index in [1.165, 1.54) is 0 Å². The minimum absolute atomic E-state index is 0.0493. The van der Waals surface area contributed by atoms with Gasteiger partial charge >= 0.3 is 0 Å². The molecule has 0 radical (unpaired) electrons. The highest BCUT2D eigenvalue weighted by atomic mass is 16.6. The maximum absolute atomic E-state index is 5.78. The van der Waals surface area contributed by atoms with Crippen LogP contribution in [0.1, 0.15) is 33.1 Å². The van der Waals surface area contributed by atoms with Gasteiger partial charge < -0.3 is 14.2 Å². The predicted molar refractivity (Wildman–Crippen MR) is 55.8 cm³/mol. The second-order valence-electron chi connectivity index (χ2n) is 5.48. The molecule has 3 unspecified atom stereocenters. The van der Waals surface area contributed by atoms with Gasteiger partial charge in [-0.1, -0.05) is 0 Å². The number of hydrogen-bond donors (Lipinski definition) is 0. The van der Waals surface area contributed by atoms with E-state index in [1.54, 1.807) is 0 Å². The normalized spacial score (nSPS) is 58.2. The molecule has 0 aromatic rings. The quantitative estimate of drug-likeness (QED) is 0.654. The van der Waals surface area contributed by atoms with Crippen molar-refractivity contribution < 1.29 is 14.2 Å². The van der Waals surface area contributed by atoms with Gasteiger partial charge in [-0.05, 0) is 33.1 Å². The molecule has 1 aliphatic carbocycles. The first-order chi connectivity index (χ1) is 7.11. The third kappa shape index (κ3) is 1.37. The summed E-state index contributed by atoms with van der Waals surface area (Å²) < 4.78 is 17.0. The number of hydrogen-bond acceptors (Lipinski definition) is 3. The van der Waals surface area contributed by atoms with Crippen molar-refractivity contribution in [1.29, 1.82) is 0 Å². The molecule has 2 saturated heterocycles. The van der Waals surface area contributed by atoms with Crippen molar-refractivity contribution in [2.45, 2.75) is 56.5 Å². The Morgan fingerprint density at radius 2 is 2.07 bits per heavy atom. The lowest BCUT2D eigenvalue weighted by molar-refractivity contribution is -0.00876. The van der Waals surface area contributed by atoms with Crippen LogP contribution in [0.15, 0.2) is 0 Å². The van der Waals surface area contributed by atoms with Crippen LogP contribution in [0.5, 0.6) is 0 Å². The highest BCUT2D eigenvalue weighted by Gasteiger charge is 2.67. The molecule has 3 fully saturated rings. The molecule has 3 heteroatoms. The molecular formula is C12H20O3. The van der Waals surface area contributed by atoms with Crippen LogP contribution in [0.4, 0.5) is 0 Å². The first-order valence-corrected chi connectivity index (χ1v) is 5.95. The molecule has 3 rings (SSSR count). The Kier molecular flexibility index (Phi) is 1.99. The molecule has 5 atom stereocenters.